The van der Waals surface area contributed by atoms with Gasteiger partial charge in [-0.3, -0.25) is 4.79 Å². The van der Waals surface area contributed by atoms with Crippen molar-refractivity contribution in [2.24, 2.45) is 0 Å². The number of rotatable bonds is 7. The first kappa shape index (κ1) is 24.5. The zero-order valence-electron chi connectivity index (χ0n) is 18.3. The third kappa shape index (κ3) is 5.08. The Balaban J connectivity index is 1.46. The summed E-state index contributed by atoms with van der Waals surface area (Å²) in [5, 5.41) is 11.2. The molecule has 7 nitrogen and oxygen atoms in total. The van der Waals surface area contributed by atoms with Crippen molar-refractivity contribution in [3.63, 3.8) is 0 Å². The van der Waals surface area contributed by atoms with Crippen molar-refractivity contribution < 1.29 is 41.8 Å². The molecule has 2 aromatic carbocycles. The third-order valence-electron chi connectivity index (χ3n) is 6.19. The summed E-state index contributed by atoms with van der Waals surface area (Å²) in [4.78, 5) is 36.9. The first-order chi connectivity index (χ1) is 16.6. The lowest BCUT2D eigenvalue weighted by Crippen LogP contribution is -2.52. The van der Waals surface area contributed by atoms with E-state index in [1.807, 2.05) is 53.8 Å². The van der Waals surface area contributed by atoms with Crippen LogP contribution in [-0.4, -0.2) is 65.6 Å². The smallest absolute Gasteiger partial charge is 0.407 e. The molecule has 0 aromatic heterocycles. The van der Waals surface area contributed by atoms with E-state index in [2.05, 4.69) is 0 Å². The SMILES string of the molecule is O=C(NC(CC(F)F)C(=O)N1CC(F)(F)C[C@H]1C(=O)O)OCC1c2ccccc2-c2ccccc21. The molecule has 2 aromatic rings. The Morgan fingerprint density at radius 2 is 1.63 bits per heavy atom. The Morgan fingerprint density at radius 1 is 1.06 bits per heavy atom. The second kappa shape index (κ2) is 9.55. The molecular formula is C24H22F4N2O5. The van der Waals surface area contributed by atoms with Crippen LogP contribution < -0.4 is 5.32 Å². The van der Waals surface area contributed by atoms with Crippen LogP contribution in [0.1, 0.15) is 29.9 Å². The van der Waals surface area contributed by atoms with E-state index in [1.54, 1.807) is 0 Å². The van der Waals surface area contributed by atoms with Crippen LogP contribution in [0.25, 0.3) is 11.1 Å². The zero-order chi connectivity index (χ0) is 25.3. The summed E-state index contributed by atoms with van der Waals surface area (Å²) in [7, 11) is 0. The molecule has 186 valence electrons. The van der Waals surface area contributed by atoms with Gasteiger partial charge in [-0.25, -0.2) is 27.2 Å². The number of hydrogen-bond acceptors (Lipinski definition) is 4. The molecule has 11 heteroatoms. The molecule has 2 aliphatic rings. The number of benzene rings is 2. The van der Waals surface area contributed by atoms with Crippen LogP contribution in [0.2, 0.25) is 0 Å². The lowest BCUT2D eigenvalue weighted by atomic mass is 9.98. The Bertz CT molecular complexity index is 1100. The number of nitrogens with zero attached hydrogens (tertiary/aromatic N) is 1. The van der Waals surface area contributed by atoms with Crippen molar-refractivity contribution in [3.05, 3.63) is 59.7 Å². The van der Waals surface area contributed by atoms with E-state index in [0.29, 0.717) is 4.90 Å². The highest BCUT2D eigenvalue weighted by atomic mass is 19.3. The Labute approximate surface area is 197 Å². The van der Waals surface area contributed by atoms with Gasteiger partial charge < -0.3 is 20.1 Å². The molecule has 0 spiro atoms. The Morgan fingerprint density at radius 3 is 2.17 bits per heavy atom. The van der Waals surface area contributed by atoms with Crippen LogP contribution in [0.5, 0.6) is 0 Å². The fraction of sp³-hybridized carbons (Fsp3) is 0.375. The van der Waals surface area contributed by atoms with Gasteiger partial charge in [0.25, 0.3) is 5.92 Å². The van der Waals surface area contributed by atoms with Gasteiger partial charge >= 0.3 is 12.1 Å². The largest absolute Gasteiger partial charge is 0.480 e. The summed E-state index contributed by atoms with van der Waals surface area (Å²) in [6.45, 7) is -1.40. The van der Waals surface area contributed by atoms with Crippen molar-refractivity contribution in [2.45, 2.75) is 43.2 Å². The van der Waals surface area contributed by atoms with Crippen molar-refractivity contribution >= 4 is 18.0 Å². The molecule has 1 saturated heterocycles. The van der Waals surface area contributed by atoms with Crippen LogP contribution in [0.3, 0.4) is 0 Å². The van der Waals surface area contributed by atoms with E-state index in [9.17, 15) is 37.1 Å². The number of fused-ring (bicyclic) bond motifs is 3. The molecule has 4 rings (SSSR count). The van der Waals surface area contributed by atoms with Crippen molar-refractivity contribution in [1.82, 2.24) is 10.2 Å². The maximum Gasteiger partial charge on any atom is 0.407 e. The third-order valence-corrected chi connectivity index (χ3v) is 6.19. The van der Waals surface area contributed by atoms with Crippen molar-refractivity contribution in [1.29, 1.82) is 0 Å². The van der Waals surface area contributed by atoms with E-state index in [-0.39, 0.29) is 12.5 Å². The quantitative estimate of drug-likeness (QED) is 0.570. The number of aliphatic carboxylic acids is 1. The van der Waals surface area contributed by atoms with Gasteiger partial charge in [0.05, 0.1) is 6.54 Å². The second-order valence-electron chi connectivity index (χ2n) is 8.53. The van der Waals surface area contributed by atoms with Gasteiger partial charge in [-0.2, -0.15) is 0 Å². The molecule has 0 bridgehead atoms. The number of carbonyl (C=O) groups is 3. The van der Waals surface area contributed by atoms with Gasteiger partial charge in [0, 0.05) is 18.8 Å². The molecule has 1 heterocycles. The number of amides is 2. The summed E-state index contributed by atoms with van der Waals surface area (Å²) in [5.74, 6) is -6.83. The Hall–Kier alpha value is -3.63. The Kier molecular flexibility index (Phi) is 6.68. The minimum Gasteiger partial charge on any atom is -0.480 e. The number of carboxylic acid groups (broad SMARTS) is 1. The number of carbonyl (C=O) groups excluding carboxylic acids is 2. The molecule has 1 aliphatic heterocycles. The van der Waals surface area contributed by atoms with E-state index in [4.69, 9.17) is 4.74 Å². The topological polar surface area (TPSA) is 95.9 Å². The number of likely N-dealkylation sites (tertiary alicyclic amines) is 1. The normalized spacial score (nSPS) is 19.2. The number of nitrogens with one attached hydrogen (secondary N) is 1. The highest BCUT2D eigenvalue weighted by molar-refractivity contribution is 5.90. The van der Waals surface area contributed by atoms with Gasteiger partial charge in [0.1, 0.15) is 18.7 Å². The molecule has 1 unspecified atom stereocenters. The van der Waals surface area contributed by atoms with Crippen LogP contribution in [-0.2, 0) is 14.3 Å². The number of alkyl halides is 4. The highest BCUT2D eigenvalue weighted by Crippen LogP contribution is 2.44. The molecule has 1 aliphatic carbocycles. The molecule has 0 saturated carbocycles. The molecule has 0 radical (unpaired) electrons. The van der Waals surface area contributed by atoms with E-state index < -0.39 is 61.8 Å². The maximum absolute atomic E-state index is 13.8. The average molecular weight is 494 g/mol. The van der Waals surface area contributed by atoms with E-state index in [1.165, 1.54) is 0 Å². The molecule has 35 heavy (non-hydrogen) atoms. The first-order valence-electron chi connectivity index (χ1n) is 10.9. The average Bonchev–Trinajstić information content (AvgIpc) is 3.31. The second-order valence-corrected chi connectivity index (χ2v) is 8.53. The van der Waals surface area contributed by atoms with E-state index in [0.717, 1.165) is 22.3 Å². The monoisotopic (exact) mass is 494 g/mol. The summed E-state index contributed by atoms with van der Waals surface area (Å²) in [5.41, 5.74) is 3.76. The molecular weight excluding hydrogens is 472 g/mol. The van der Waals surface area contributed by atoms with Crippen LogP contribution >= 0.6 is 0 Å². The molecule has 2 amide bonds. The minimum atomic E-state index is -3.49. The lowest BCUT2D eigenvalue weighted by Gasteiger charge is -2.26. The van der Waals surface area contributed by atoms with Crippen LogP contribution in [0.4, 0.5) is 22.4 Å². The number of carboxylic acids is 1. The number of alkyl carbamates (subject to hydrolysis) is 1. The van der Waals surface area contributed by atoms with Gasteiger partial charge in [0.15, 0.2) is 0 Å². The summed E-state index contributed by atoms with van der Waals surface area (Å²) in [6.07, 6.45) is -6.58. The van der Waals surface area contributed by atoms with E-state index >= 15 is 0 Å². The van der Waals surface area contributed by atoms with Gasteiger partial charge in [-0.05, 0) is 22.3 Å². The maximum atomic E-state index is 13.8. The highest BCUT2D eigenvalue weighted by Gasteiger charge is 2.51. The van der Waals surface area contributed by atoms with Crippen molar-refractivity contribution in [3.8, 4) is 11.1 Å². The standard InChI is InChI=1S/C24H22F4N2O5/c25-20(26)9-18(21(31)30-12-24(27,28)10-19(30)22(32)33)29-23(34)35-11-17-15-7-3-1-5-13(15)14-6-2-4-8-16(14)17/h1-8,17-20H,9-12H2,(H,29,34)(H,32,33)/t18?,19-/m0/s1. The van der Waals surface area contributed by atoms with Crippen LogP contribution in [0, 0.1) is 0 Å². The molecule has 2 N–H and O–H groups in total. The summed E-state index contributed by atoms with van der Waals surface area (Å²) in [6, 6.07) is 11.2. The summed E-state index contributed by atoms with van der Waals surface area (Å²) >= 11 is 0. The predicted octanol–water partition coefficient (Wildman–Crippen LogP) is 3.87. The predicted molar refractivity (Wildman–Crippen MR) is 115 cm³/mol. The van der Waals surface area contributed by atoms with Gasteiger partial charge in [-0.15, -0.1) is 0 Å². The van der Waals surface area contributed by atoms with Crippen molar-refractivity contribution in [2.75, 3.05) is 13.2 Å². The fourth-order valence-corrected chi connectivity index (χ4v) is 4.65. The number of halogens is 4. The van der Waals surface area contributed by atoms with Gasteiger partial charge in [0.2, 0.25) is 12.3 Å². The number of ether oxygens (including phenoxy) is 1. The minimum absolute atomic E-state index is 0.158. The molecule has 2 atom stereocenters. The van der Waals surface area contributed by atoms with Crippen LogP contribution in [0.15, 0.2) is 48.5 Å². The zero-order valence-corrected chi connectivity index (χ0v) is 18.3. The fourth-order valence-electron chi connectivity index (χ4n) is 4.65. The summed E-state index contributed by atoms with van der Waals surface area (Å²) < 4.78 is 59.0. The number of hydrogen-bond donors (Lipinski definition) is 2. The first-order valence-corrected chi connectivity index (χ1v) is 10.9. The molecule has 1 fully saturated rings. The lowest BCUT2D eigenvalue weighted by molar-refractivity contribution is -0.149. The van der Waals surface area contributed by atoms with Gasteiger partial charge in [-0.1, -0.05) is 48.5 Å².